The van der Waals surface area contributed by atoms with E-state index in [1.165, 1.54) is 12.1 Å². The summed E-state index contributed by atoms with van der Waals surface area (Å²) in [7, 11) is 0. The molecule has 0 aliphatic rings. The molecule has 1 rings (SSSR count). The number of hydrogen-bond donors (Lipinski definition) is 3. The number of nitrogen functional groups attached to an aromatic ring is 1. The number of benzene rings is 1. The van der Waals surface area contributed by atoms with E-state index in [4.69, 9.17) is 11.5 Å². The Hall–Kier alpha value is -2.11. The van der Waals surface area contributed by atoms with Crippen LogP contribution < -0.4 is 16.8 Å². The summed E-state index contributed by atoms with van der Waals surface area (Å²) in [5, 5.41) is 2.46. The highest BCUT2D eigenvalue weighted by Crippen LogP contribution is 2.12. The molecule has 0 aliphatic carbocycles. The van der Waals surface area contributed by atoms with Gasteiger partial charge in [0, 0.05) is 18.2 Å². The second-order valence-corrected chi connectivity index (χ2v) is 3.78. The van der Waals surface area contributed by atoms with Crippen molar-refractivity contribution >= 4 is 17.5 Å². The fourth-order valence-electron chi connectivity index (χ4n) is 1.37. The molecule has 6 heteroatoms. The first-order valence-corrected chi connectivity index (χ1v) is 5.04. The van der Waals surface area contributed by atoms with Gasteiger partial charge in [0.15, 0.2) is 0 Å². The molecule has 92 valence electrons. The van der Waals surface area contributed by atoms with Gasteiger partial charge in [-0.05, 0) is 25.1 Å². The molecule has 0 aliphatic heterocycles. The maximum atomic E-state index is 13.3. The Morgan fingerprint density at radius 2 is 2.12 bits per heavy atom. The van der Waals surface area contributed by atoms with Crippen LogP contribution >= 0.6 is 0 Å². The molecular formula is C11H14FN3O2. The molecule has 1 aromatic carbocycles. The first-order valence-electron chi connectivity index (χ1n) is 5.04. The van der Waals surface area contributed by atoms with Gasteiger partial charge in [-0.25, -0.2) is 4.39 Å². The number of carbonyl (C=O) groups excluding carboxylic acids is 2. The average Bonchev–Trinajstić information content (AvgIpc) is 2.20. The van der Waals surface area contributed by atoms with Gasteiger partial charge in [-0.3, -0.25) is 9.59 Å². The highest BCUT2D eigenvalue weighted by molar-refractivity contribution is 5.95. The molecule has 0 radical (unpaired) electrons. The molecule has 1 unspecified atom stereocenters. The third-order valence-electron chi connectivity index (χ3n) is 2.12. The molecule has 1 aromatic rings. The molecule has 2 amide bonds. The van der Waals surface area contributed by atoms with Crippen molar-refractivity contribution in [2.75, 3.05) is 5.73 Å². The fourth-order valence-corrected chi connectivity index (χ4v) is 1.37. The van der Waals surface area contributed by atoms with Crippen LogP contribution in [0.4, 0.5) is 10.1 Å². The molecule has 0 spiro atoms. The quantitative estimate of drug-likeness (QED) is 0.663. The SMILES string of the molecule is CC(CC(N)=O)NC(=O)c1cc(N)ccc1F. The van der Waals surface area contributed by atoms with Crippen molar-refractivity contribution in [2.24, 2.45) is 5.73 Å². The van der Waals surface area contributed by atoms with Crippen LogP contribution in [0.1, 0.15) is 23.7 Å². The zero-order chi connectivity index (χ0) is 13.0. The number of nitrogens with one attached hydrogen (secondary N) is 1. The minimum atomic E-state index is -0.664. The average molecular weight is 239 g/mol. The van der Waals surface area contributed by atoms with Crippen LogP contribution in [0.2, 0.25) is 0 Å². The second kappa shape index (κ2) is 5.29. The van der Waals surface area contributed by atoms with Gasteiger partial charge in [-0.2, -0.15) is 0 Å². The summed E-state index contributed by atoms with van der Waals surface area (Å²) in [5.74, 6) is -1.82. The summed E-state index contributed by atoms with van der Waals surface area (Å²) in [6.07, 6.45) is -0.00429. The van der Waals surface area contributed by atoms with E-state index >= 15 is 0 Å². The van der Waals surface area contributed by atoms with Crippen molar-refractivity contribution in [3.63, 3.8) is 0 Å². The fraction of sp³-hybridized carbons (Fsp3) is 0.273. The Labute approximate surface area is 98.0 Å². The van der Waals surface area contributed by atoms with Crippen LogP contribution in [-0.4, -0.2) is 17.9 Å². The lowest BCUT2D eigenvalue weighted by Crippen LogP contribution is -2.36. The van der Waals surface area contributed by atoms with Gasteiger partial charge < -0.3 is 16.8 Å². The second-order valence-electron chi connectivity index (χ2n) is 3.78. The van der Waals surface area contributed by atoms with E-state index in [2.05, 4.69) is 5.32 Å². The predicted molar refractivity (Wildman–Crippen MR) is 61.6 cm³/mol. The molecular weight excluding hydrogens is 225 g/mol. The molecule has 0 saturated carbocycles. The highest BCUT2D eigenvalue weighted by Gasteiger charge is 2.15. The summed E-state index contributed by atoms with van der Waals surface area (Å²) >= 11 is 0. The van der Waals surface area contributed by atoms with E-state index in [1.54, 1.807) is 6.92 Å². The Balaban J connectivity index is 2.76. The number of halogens is 1. The van der Waals surface area contributed by atoms with Gasteiger partial charge in [0.05, 0.1) is 5.56 Å². The van der Waals surface area contributed by atoms with Crippen LogP contribution in [-0.2, 0) is 4.79 Å². The first-order chi connectivity index (χ1) is 7.90. The summed E-state index contributed by atoms with van der Waals surface area (Å²) in [6.45, 7) is 1.60. The van der Waals surface area contributed by atoms with Gasteiger partial charge in [-0.15, -0.1) is 0 Å². The van der Waals surface area contributed by atoms with Gasteiger partial charge in [0.1, 0.15) is 5.82 Å². The lowest BCUT2D eigenvalue weighted by molar-refractivity contribution is -0.118. The number of primary amides is 1. The third kappa shape index (κ3) is 3.75. The molecule has 0 bridgehead atoms. The number of nitrogens with two attached hydrogens (primary N) is 2. The van der Waals surface area contributed by atoms with Gasteiger partial charge in [0.25, 0.3) is 5.91 Å². The van der Waals surface area contributed by atoms with Crippen LogP contribution in [0.15, 0.2) is 18.2 Å². The molecule has 5 nitrogen and oxygen atoms in total. The molecule has 0 fully saturated rings. The standard InChI is InChI=1S/C11H14FN3O2/c1-6(4-10(14)16)15-11(17)8-5-7(13)2-3-9(8)12/h2-3,5-6H,4,13H2,1H3,(H2,14,16)(H,15,17). The number of rotatable bonds is 4. The smallest absolute Gasteiger partial charge is 0.254 e. The molecule has 0 aromatic heterocycles. The Morgan fingerprint density at radius 3 is 2.71 bits per heavy atom. The van der Waals surface area contributed by atoms with Crippen LogP contribution in [0.5, 0.6) is 0 Å². The molecule has 1 atom stereocenters. The molecule has 0 saturated heterocycles. The number of hydrogen-bond acceptors (Lipinski definition) is 3. The van der Waals surface area contributed by atoms with E-state index in [1.807, 2.05) is 0 Å². The van der Waals surface area contributed by atoms with E-state index in [-0.39, 0.29) is 12.0 Å². The zero-order valence-electron chi connectivity index (χ0n) is 9.37. The van der Waals surface area contributed by atoms with Crippen molar-refractivity contribution in [3.05, 3.63) is 29.6 Å². The summed E-state index contributed by atoms with van der Waals surface area (Å²) in [6, 6.07) is 3.25. The number of amides is 2. The lowest BCUT2D eigenvalue weighted by atomic mass is 10.1. The van der Waals surface area contributed by atoms with Crippen molar-refractivity contribution in [1.82, 2.24) is 5.32 Å². The Kier molecular flexibility index (Phi) is 4.03. The molecule has 5 N–H and O–H groups in total. The Morgan fingerprint density at radius 1 is 1.47 bits per heavy atom. The van der Waals surface area contributed by atoms with Gasteiger partial charge >= 0.3 is 0 Å². The van der Waals surface area contributed by atoms with Crippen molar-refractivity contribution in [2.45, 2.75) is 19.4 Å². The van der Waals surface area contributed by atoms with Crippen molar-refractivity contribution in [1.29, 1.82) is 0 Å². The largest absolute Gasteiger partial charge is 0.399 e. The maximum Gasteiger partial charge on any atom is 0.254 e. The zero-order valence-corrected chi connectivity index (χ0v) is 9.37. The lowest BCUT2D eigenvalue weighted by Gasteiger charge is -2.12. The topological polar surface area (TPSA) is 98.2 Å². The Bertz CT molecular complexity index is 448. The number of carbonyl (C=O) groups is 2. The summed E-state index contributed by atoms with van der Waals surface area (Å²) in [5.41, 5.74) is 10.6. The summed E-state index contributed by atoms with van der Waals surface area (Å²) in [4.78, 5) is 22.3. The van der Waals surface area contributed by atoms with Gasteiger partial charge in [0.2, 0.25) is 5.91 Å². The third-order valence-corrected chi connectivity index (χ3v) is 2.12. The minimum absolute atomic E-state index is 0.00429. The predicted octanol–water partition coefficient (Wildman–Crippen LogP) is 0.402. The first kappa shape index (κ1) is 13.0. The van der Waals surface area contributed by atoms with Crippen molar-refractivity contribution < 1.29 is 14.0 Å². The van der Waals surface area contributed by atoms with Crippen LogP contribution in [0, 0.1) is 5.82 Å². The molecule has 0 heterocycles. The van der Waals surface area contributed by atoms with Crippen molar-refractivity contribution in [3.8, 4) is 0 Å². The van der Waals surface area contributed by atoms with Crippen LogP contribution in [0.25, 0.3) is 0 Å². The van der Waals surface area contributed by atoms with E-state index < -0.39 is 23.7 Å². The van der Waals surface area contributed by atoms with E-state index in [0.717, 1.165) is 6.07 Å². The number of anilines is 1. The molecule has 17 heavy (non-hydrogen) atoms. The van der Waals surface area contributed by atoms with Gasteiger partial charge in [-0.1, -0.05) is 0 Å². The van der Waals surface area contributed by atoms with Crippen LogP contribution in [0.3, 0.4) is 0 Å². The summed E-state index contributed by atoms with van der Waals surface area (Å²) < 4.78 is 13.3. The highest BCUT2D eigenvalue weighted by atomic mass is 19.1. The van der Waals surface area contributed by atoms with E-state index in [0.29, 0.717) is 5.69 Å². The normalized spacial score (nSPS) is 11.9. The monoisotopic (exact) mass is 239 g/mol. The maximum absolute atomic E-state index is 13.3. The van der Waals surface area contributed by atoms with E-state index in [9.17, 15) is 14.0 Å². The minimum Gasteiger partial charge on any atom is -0.399 e.